The molecule has 4 aliphatic carbocycles. The highest BCUT2D eigenvalue weighted by Crippen LogP contribution is 2.67. The number of fused-ring (bicyclic) bond motifs is 5. The first-order valence-corrected chi connectivity index (χ1v) is 17.4. The highest BCUT2D eigenvalue weighted by Gasteiger charge is 2.59. The second-order valence-electron chi connectivity index (χ2n) is 14.4. The summed E-state index contributed by atoms with van der Waals surface area (Å²) in [5, 5.41) is 8.76. The molecule has 4 rings (SSSR count). The van der Waals surface area contributed by atoms with E-state index in [9.17, 15) is 13.2 Å². The number of carboxylic acid groups (broad SMARTS) is 1. The molecule has 0 spiro atoms. The van der Waals surface area contributed by atoms with E-state index in [1.54, 1.807) is 5.57 Å². The van der Waals surface area contributed by atoms with E-state index in [-0.39, 0.29) is 17.3 Å². The standard InChI is InChI=1S/C32H54O5S/c1-22(2)8-6-9-23(3)27-12-13-28-26-11-10-24-20-25(37-18-7-19-38(35,36)21-30(33)34)14-16-31(24,4)29(26)15-17-32(27,28)5/h10,22-23,25-29H,6-9,11-21H2,1-5H3,(H,33,34). The average molecular weight is 551 g/mol. The van der Waals surface area contributed by atoms with Gasteiger partial charge in [-0.1, -0.05) is 65.5 Å². The Morgan fingerprint density at radius 1 is 1.05 bits per heavy atom. The van der Waals surface area contributed by atoms with Crippen LogP contribution in [0.1, 0.15) is 112 Å². The smallest absolute Gasteiger partial charge is 0.318 e. The number of rotatable bonds is 12. The lowest BCUT2D eigenvalue weighted by Gasteiger charge is -2.58. The van der Waals surface area contributed by atoms with E-state index in [0.29, 0.717) is 18.4 Å². The van der Waals surface area contributed by atoms with Gasteiger partial charge in [0.1, 0.15) is 5.75 Å². The quantitative estimate of drug-likeness (QED) is 0.204. The molecule has 3 saturated carbocycles. The second-order valence-corrected chi connectivity index (χ2v) is 16.5. The van der Waals surface area contributed by atoms with Gasteiger partial charge < -0.3 is 9.84 Å². The normalized spacial score (nSPS) is 37.7. The Kier molecular flexibility index (Phi) is 9.44. The van der Waals surface area contributed by atoms with E-state index in [1.165, 1.54) is 57.8 Å². The van der Waals surface area contributed by atoms with Gasteiger partial charge in [0.05, 0.1) is 11.9 Å². The van der Waals surface area contributed by atoms with Crippen LogP contribution in [0.15, 0.2) is 11.6 Å². The van der Waals surface area contributed by atoms with Crippen LogP contribution < -0.4 is 0 Å². The molecule has 0 aliphatic heterocycles. The minimum Gasteiger partial charge on any atom is -0.480 e. The third kappa shape index (κ3) is 6.37. The number of hydrogen-bond donors (Lipinski definition) is 1. The Hall–Kier alpha value is -0.880. The van der Waals surface area contributed by atoms with Crippen molar-refractivity contribution in [2.24, 2.45) is 46.3 Å². The van der Waals surface area contributed by atoms with E-state index in [4.69, 9.17) is 9.84 Å². The van der Waals surface area contributed by atoms with E-state index >= 15 is 0 Å². The maximum Gasteiger partial charge on any atom is 0.318 e. The summed E-state index contributed by atoms with van der Waals surface area (Å²) in [5.74, 6) is 2.84. The fourth-order valence-electron chi connectivity index (χ4n) is 9.58. The molecule has 3 fully saturated rings. The molecule has 8 atom stereocenters. The maximum absolute atomic E-state index is 11.8. The molecule has 0 aromatic heterocycles. The summed E-state index contributed by atoms with van der Waals surface area (Å²) in [4.78, 5) is 10.7. The summed E-state index contributed by atoms with van der Waals surface area (Å²) in [6.45, 7) is 12.8. The van der Waals surface area contributed by atoms with Gasteiger partial charge in [-0.25, -0.2) is 8.42 Å². The van der Waals surface area contributed by atoms with Crippen molar-refractivity contribution in [3.8, 4) is 0 Å². The van der Waals surface area contributed by atoms with Crippen LogP contribution >= 0.6 is 0 Å². The van der Waals surface area contributed by atoms with Crippen molar-refractivity contribution >= 4 is 15.8 Å². The third-order valence-electron chi connectivity index (χ3n) is 11.6. The molecule has 8 unspecified atom stereocenters. The van der Waals surface area contributed by atoms with Gasteiger partial charge in [-0.15, -0.1) is 0 Å². The van der Waals surface area contributed by atoms with Crippen LogP contribution in [0.2, 0.25) is 0 Å². The molecule has 1 N–H and O–H groups in total. The van der Waals surface area contributed by atoms with Crippen LogP contribution in [0, 0.1) is 46.3 Å². The second kappa shape index (κ2) is 11.9. The van der Waals surface area contributed by atoms with Crippen molar-refractivity contribution < 1.29 is 23.1 Å². The maximum atomic E-state index is 11.8. The monoisotopic (exact) mass is 550 g/mol. The van der Waals surface area contributed by atoms with E-state index < -0.39 is 21.6 Å². The number of carboxylic acids is 1. The number of aliphatic carboxylic acids is 1. The molecule has 0 radical (unpaired) electrons. The molecule has 0 bridgehead atoms. The molecule has 38 heavy (non-hydrogen) atoms. The Balaban J connectivity index is 1.33. The molecule has 0 heterocycles. The summed E-state index contributed by atoms with van der Waals surface area (Å²) in [7, 11) is -3.55. The molecule has 218 valence electrons. The van der Waals surface area contributed by atoms with Gasteiger partial charge >= 0.3 is 5.97 Å². The number of carbonyl (C=O) groups is 1. The third-order valence-corrected chi connectivity index (χ3v) is 13.2. The van der Waals surface area contributed by atoms with Gasteiger partial charge in [0.2, 0.25) is 0 Å². The van der Waals surface area contributed by atoms with Gasteiger partial charge in [-0.2, -0.15) is 0 Å². The van der Waals surface area contributed by atoms with Crippen molar-refractivity contribution in [1.82, 2.24) is 0 Å². The topological polar surface area (TPSA) is 80.7 Å². The zero-order valence-corrected chi connectivity index (χ0v) is 25.5. The molecule has 4 aliphatic rings. The Labute approximate surface area is 232 Å². The summed E-state index contributed by atoms with van der Waals surface area (Å²) >= 11 is 0. The van der Waals surface area contributed by atoms with Crippen molar-refractivity contribution in [2.75, 3.05) is 18.1 Å². The summed E-state index contributed by atoms with van der Waals surface area (Å²) in [6.07, 6.45) is 17.3. The van der Waals surface area contributed by atoms with Gasteiger partial charge in [-0.05, 0) is 104 Å². The Bertz CT molecular complexity index is 970. The first-order chi connectivity index (χ1) is 17.9. The van der Waals surface area contributed by atoms with Crippen LogP contribution in [0.5, 0.6) is 0 Å². The zero-order valence-electron chi connectivity index (χ0n) is 24.7. The highest BCUT2D eigenvalue weighted by atomic mass is 32.2. The van der Waals surface area contributed by atoms with E-state index in [1.807, 2.05) is 0 Å². The van der Waals surface area contributed by atoms with E-state index in [2.05, 4.69) is 40.7 Å². The molecule has 0 saturated heterocycles. The Morgan fingerprint density at radius 3 is 2.53 bits per heavy atom. The summed E-state index contributed by atoms with van der Waals surface area (Å²) < 4.78 is 29.8. The van der Waals surface area contributed by atoms with Gasteiger partial charge in [0, 0.05) is 6.61 Å². The number of hydrogen-bond acceptors (Lipinski definition) is 4. The summed E-state index contributed by atoms with van der Waals surface area (Å²) in [5.41, 5.74) is 2.39. The largest absolute Gasteiger partial charge is 0.480 e. The predicted octanol–water partition coefficient (Wildman–Crippen LogP) is 7.30. The van der Waals surface area contributed by atoms with Crippen LogP contribution in [0.3, 0.4) is 0 Å². The van der Waals surface area contributed by atoms with E-state index in [0.717, 1.165) is 48.3 Å². The first-order valence-electron chi connectivity index (χ1n) is 15.6. The zero-order chi connectivity index (χ0) is 27.7. The molecular formula is C32H54O5S. The molecule has 6 heteroatoms. The molecular weight excluding hydrogens is 496 g/mol. The minimum absolute atomic E-state index is 0.117. The van der Waals surface area contributed by atoms with Gasteiger partial charge in [0.25, 0.3) is 0 Å². The first kappa shape index (κ1) is 30.1. The average Bonchev–Trinajstić information content (AvgIpc) is 3.18. The lowest BCUT2D eigenvalue weighted by atomic mass is 9.47. The van der Waals surface area contributed by atoms with Crippen LogP contribution in [-0.4, -0.2) is 43.7 Å². The number of ether oxygens (including phenoxy) is 1. The SMILES string of the molecule is CC(C)CCCC(C)C1CCC2C3CC=C4CC(OCCCS(=O)(=O)CC(=O)O)CCC4(C)C3CCC12C. The van der Waals surface area contributed by atoms with Crippen molar-refractivity contribution in [3.63, 3.8) is 0 Å². The predicted molar refractivity (Wildman–Crippen MR) is 154 cm³/mol. The highest BCUT2D eigenvalue weighted by molar-refractivity contribution is 7.92. The fourth-order valence-corrected chi connectivity index (χ4v) is 10.7. The molecule has 5 nitrogen and oxygen atoms in total. The Morgan fingerprint density at radius 2 is 1.82 bits per heavy atom. The van der Waals surface area contributed by atoms with Gasteiger partial charge in [0.15, 0.2) is 9.84 Å². The summed E-state index contributed by atoms with van der Waals surface area (Å²) in [6, 6.07) is 0. The molecule has 0 amide bonds. The minimum atomic E-state index is -3.55. The number of allylic oxidation sites excluding steroid dienone is 1. The van der Waals surface area contributed by atoms with Crippen LogP contribution in [0.4, 0.5) is 0 Å². The molecule has 0 aromatic rings. The lowest BCUT2D eigenvalue weighted by Crippen LogP contribution is -2.51. The van der Waals surface area contributed by atoms with Crippen molar-refractivity contribution in [1.29, 1.82) is 0 Å². The molecule has 0 aromatic carbocycles. The van der Waals surface area contributed by atoms with Crippen LogP contribution in [0.25, 0.3) is 0 Å². The number of sulfone groups is 1. The fraction of sp³-hybridized carbons (Fsp3) is 0.906. The van der Waals surface area contributed by atoms with Gasteiger partial charge in [-0.3, -0.25) is 4.79 Å². The lowest BCUT2D eigenvalue weighted by molar-refractivity contribution is -0.134. The van der Waals surface area contributed by atoms with Crippen molar-refractivity contribution in [3.05, 3.63) is 11.6 Å². The van der Waals surface area contributed by atoms with Crippen molar-refractivity contribution in [2.45, 2.75) is 118 Å². The van der Waals surface area contributed by atoms with Crippen LogP contribution in [-0.2, 0) is 19.4 Å².